The third-order valence-electron chi connectivity index (χ3n) is 2.66. The summed E-state index contributed by atoms with van der Waals surface area (Å²) in [5.41, 5.74) is 1.56. The van der Waals surface area contributed by atoms with Crippen LogP contribution in [0.15, 0.2) is 42.5 Å². The van der Waals surface area contributed by atoms with Crippen molar-refractivity contribution in [1.29, 1.82) is 0 Å². The Bertz CT molecular complexity index is 621. The maximum absolute atomic E-state index is 13.7. The van der Waals surface area contributed by atoms with Crippen molar-refractivity contribution in [2.75, 3.05) is 5.88 Å². The van der Waals surface area contributed by atoms with Gasteiger partial charge >= 0.3 is 0 Å². The van der Waals surface area contributed by atoms with Gasteiger partial charge in [-0.3, -0.25) is 0 Å². The van der Waals surface area contributed by atoms with Gasteiger partial charge in [-0.1, -0.05) is 29.8 Å². The van der Waals surface area contributed by atoms with Gasteiger partial charge in [-0.2, -0.15) is 0 Å². The highest BCUT2D eigenvalue weighted by Gasteiger charge is 2.09. The van der Waals surface area contributed by atoms with Gasteiger partial charge in [-0.05, 0) is 35.4 Å². The first-order chi connectivity index (χ1) is 9.11. The quantitative estimate of drug-likeness (QED) is 0.526. The maximum Gasteiger partial charge on any atom is 0.133 e. The second kappa shape index (κ2) is 6.18. The fourth-order valence-corrected chi connectivity index (χ4v) is 2.13. The molecule has 98 valence electrons. The summed E-state index contributed by atoms with van der Waals surface area (Å²) >= 11 is 11.9. The zero-order valence-electron chi connectivity index (χ0n) is 9.84. The standard InChI is InChI=1S/C15H10Cl2F2/c16-9-11(7-10-3-1-2-4-14(10)17)13-6-5-12(18)8-15(13)19/h1-8H,9H2/b11-7+. The summed E-state index contributed by atoms with van der Waals surface area (Å²) in [4.78, 5) is 0. The van der Waals surface area contributed by atoms with Gasteiger partial charge in [-0.15, -0.1) is 11.6 Å². The van der Waals surface area contributed by atoms with Gasteiger partial charge in [0.25, 0.3) is 0 Å². The second-order valence-electron chi connectivity index (χ2n) is 3.95. The van der Waals surface area contributed by atoms with E-state index in [1.165, 1.54) is 12.1 Å². The van der Waals surface area contributed by atoms with Crippen molar-refractivity contribution in [3.63, 3.8) is 0 Å². The van der Waals surface area contributed by atoms with E-state index in [1.54, 1.807) is 24.3 Å². The summed E-state index contributed by atoms with van der Waals surface area (Å²) in [5.74, 6) is -1.15. The molecule has 0 N–H and O–H groups in total. The highest BCUT2D eigenvalue weighted by Crippen LogP contribution is 2.26. The van der Waals surface area contributed by atoms with Crippen LogP contribution in [0.3, 0.4) is 0 Å². The fraction of sp³-hybridized carbons (Fsp3) is 0.0667. The molecule has 2 rings (SSSR count). The summed E-state index contributed by atoms with van der Waals surface area (Å²) in [5, 5.41) is 0.549. The average molecular weight is 299 g/mol. The monoisotopic (exact) mass is 298 g/mol. The van der Waals surface area contributed by atoms with Crippen molar-refractivity contribution in [2.45, 2.75) is 0 Å². The van der Waals surface area contributed by atoms with Gasteiger partial charge in [0.1, 0.15) is 11.6 Å². The summed E-state index contributed by atoms with van der Waals surface area (Å²) in [6, 6.07) is 10.6. The molecule has 0 saturated heterocycles. The topological polar surface area (TPSA) is 0 Å². The Morgan fingerprint density at radius 1 is 1.11 bits per heavy atom. The minimum Gasteiger partial charge on any atom is -0.207 e. The molecule has 4 heteroatoms. The Labute approximate surface area is 120 Å². The number of hydrogen-bond acceptors (Lipinski definition) is 0. The fourth-order valence-electron chi connectivity index (χ4n) is 1.72. The normalized spacial score (nSPS) is 11.7. The minimum atomic E-state index is -0.640. The Balaban J connectivity index is 2.48. The lowest BCUT2D eigenvalue weighted by Gasteiger charge is -2.07. The maximum atomic E-state index is 13.7. The molecular formula is C15H10Cl2F2. The van der Waals surface area contributed by atoms with Crippen LogP contribution in [0.1, 0.15) is 11.1 Å². The summed E-state index contributed by atoms with van der Waals surface area (Å²) in [6.45, 7) is 0. The van der Waals surface area contributed by atoms with E-state index in [0.29, 0.717) is 10.6 Å². The Kier molecular flexibility index (Phi) is 4.56. The van der Waals surface area contributed by atoms with Gasteiger partial charge in [0.05, 0.1) is 0 Å². The van der Waals surface area contributed by atoms with Gasteiger partial charge in [0.2, 0.25) is 0 Å². The minimum absolute atomic E-state index is 0.105. The summed E-state index contributed by atoms with van der Waals surface area (Å²) in [6.07, 6.45) is 1.70. The second-order valence-corrected chi connectivity index (χ2v) is 4.62. The number of rotatable bonds is 3. The number of allylic oxidation sites excluding steroid dienone is 1. The van der Waals surface area contributed by atoms with E-state index in [0.717, 1.165) is 11.6 Å². The molecule has 0 bridgehead atoms. The number of halogens is 4. The molecule has 0 spiro atoms. The molecule has 0 heterocycles. The number of benzene rings is 2. The van der Waals surface area contributed by atoms with Crippen LogP contribution in [0.2, 0.25) is 5.02 Å². The molecule has 0 fully saturated rings. The predicted octanol–water partition coefficient (Wildman–Crippen LogP) is 5.40. The Morgan fingerprint density at radius 2 is 1.84 bits per heavy atom. The highest BCUT2D eigenvalue weighted by atomic mass is 35.5. The van der Waals surface area contributed by atoms with Crippen LogP contribution in [0.5, 0.6) is 0 Å². The van der Waals surface area contributed by atoms with Crippen molar-refractivity contribution in [2.24, 2.45) is 0 Å². The lowest BCUT2D eigenvalue weighted by atomic mass is 10.0. The van der Waals surface area contributed by atoms with Gasteiger partial charge < -0.3 is 0 Å². The first kappa shape index (κ1) is 14.0. The lowest BCUT2D eigenvalue weighted by Crippen LogP contribution is -1.93. The summed E-state index contributed by atoms with van der Waals surface area (Å²) in [7, 11) is 0. The van der Waals surface area contributed by atoms with Crippen LogP contribution in [-0.2, 0) is 0 Å². The zero-order chi connectivity index (χ0) is 13.8. The van der Waals surface area contributed by atoms with E-state index in [2.05, 4.69) is 0 Å². The van der Waals surface area contributed by atoms with Crippen molar-refractivity contribution < 1.29 is 8.78 Å². The molecule has 0 saturated carbocycles. The highest BCUT2D eigenvalue weighted by molar-refractivity contribution is 6.32. The first-order valence-corrected chi connectivity index (χ1v) is 6.49. The van der Waals surface area contributed by atoms with Crippen molar-refractivity contribution in [3.8, 4) is 0 Å². The molecule has 0 unspecified atom stereocenters. The van der Waals surface area contributed by atoms with E-state index in [1.807, 2.05) is 6.07 Å². The molecule has 0 aliphatic rings. The van der Waals surface area contributed by atoms with Crippen LogP contribution in [0.4, 0.5) is 8.78 Å². The average Bonchev–Trinajstić information content (AvgIpc) is 2.39. The number of alkyl halides is 1. The van der Waals surface area contributed by atoms with Gasteiger partial charge in [-0.25, -0.2) is 8.78 Å². The van der Waals surface area contributed by atoms with Crippen LogP contribution < -0.4 is 0 Å². The molecule has 0 radical (unpaired) electrons. The van der Waals surface area contributed by atoms with Gasteiger partial charge in [0.15, 0.2) is 0 Å². The van der Waals surface area contributed by atoms with Crippen molar-refractivity contribution >= 4 is 34.9 Å². The smallest absolute Gasteiger partial charge is 0.133 e. The largest absolute Gasteiger partial charge is 0.207 e. The van der Waals surface area contributed by atoms with Crippen molar-refractivity contribution in [1.82, 2.24) is 0 Å². The Hall–Kier alpha value is -1.38. The molecule has 2 aromatic rings. The van der Waals surface area contributed by atoms with Crippen LogP contribution in [0, 0.1) is 11.6 Å². The molecule has 0 amide bonds. The van der Waals surface area contributed by atoms with E-state index in [-0.39, 0.29) is 11.4 Å². The van der Waals surface area contributed by atoms with E-state index >= 15 is 0 Å². The first-order valence-electron chi connectivity index (χ1n) is 5.58. The molecule has 0 atom stereocenters. The summed E-state index contributed by atoms with van der Waals surface area (Å²) < 4.78 is 26.6. The zero-order valence-corrected chi connectivity index (χ0v) is 11.3. The van der Waals surface area contributed by atoms with Crippen LogP contribution in [-0.4, -0.2) is 5.88 Å². The van der Waals surface area contributed by atoms with E-state index < -0.39 is 11.6 Å². The van der Waals surface area contributed by atoms with Gasteiger partial charge in [0, 0.05) is 22.5 Å². The number of hydrogen-bond donors (Lipinski definition) is 0. The third-order valence-corrected chi connectivity index (χ3v) is 3.29. The van der Waals surface area contributed by atoms with Crippen LogP contribution >= 0.6 is 23.2 Å². The van der Waals surface area contributed by atoms with Crippen molar-refractivity contribution in [3.05, 3.63) is 70.2 Å². The molecule has 0 aliphatic heterocycles. The van der Waals surface area contributed by atoms with E-state index in [9.17, 15) is 8.78 Å². The lowest BCUT2D eigenvalue weighted by molar-refractivity contribution is 0.581. The molecule has 2 aromatic carbocycles. The predicted molar refractivity (Wildman–Crippen MR) is 76.4 cm³/mol. The molecular weight excluding hydrogens is 289 g/mol. The SMILES string of the molecule is Fc1ccc(/C(=C/c2ccccc2Cl)CCl)c(F)c1. The van der Waals surface area contributed by atoms with Crippen LogP contribution in [0.25, 0.3) is 11.6 Å². The Morgan fingerprint density at radius 3 is 2.47 bits per heavy atom. The molecule has 0 nitrogen and oxygen atoms in total. The molecule has 0 aliphatic carbocycles. The van der Waals surface area contributed by atoms with E-state index in [4.69, 9.17) is 23.2 Å². The molecule has 0 aromatic heterocycles. The molecule has 19 heavy (non-hydrogen) atoms. The third kappa shape index (κ3) is 3.34.